The van der Waals surface area contributed by atoms with E-state index in [9.17, 15) is 18.8 Å². The minimum absolute atomic E-state index is 0.0942. The van der Waals surface area contributed by atoms with Gasteiger partial charge in [0.25, 0.3) is 5.56 Å². The quantitative estimate of drug-likeness (QED) is 0.818. The fraction of sp³-hybridized carbons (Fsp3) is 0.368. The summed E-state index contributed by atoms with van der Waals surface area (Å²) in [7, 11) is 0. The number of likely N-dealkylation sites (tertiary alicyclic amines) is 1. The molecule has 1 aliphatic heterocycles. The number of rotatable bonds is 5. The molecule has 27 heavy (non-hydrogen) atoms. The van der Waals surface area contributed by atoms with Crippen LogP contribution in [0, 0.1) is 19.7 Å². The Morgan fingerprint density at radius 1 is 1.37 bits per heavy atom. The van der Waals surface area contributed by atoms with E-state index in [1.165, 1.54) is 12.1 Å². The minimum Gasteiger partial charge on any atom is -0.351 e. The van der Waals surface area contributed by atoms with Crippen LogP contribution in [0.15, 0.2) is 29.1 Å². The monoisotopic (exact) mass is 372 g/mol. The Morgan fingerprint density at radius 3 is 2.85 bits per heavy atom. The highest BCUT2D eigenvalue weighted by molar-refractivity contribution is 5.83. The molecule has 1 atom stereocenters. The second-order valence-electron chi connectivity index (χ2n) is 6.76. The molecule has 2 N–H and O–H groups in total. The van der Waals surface area contributed by atoms with Gasteiger partial charge in [0, 0.05) is 30.8 Å². The van der Waals surface area contributed by atoms with Gasteiger partial charge in [-0.2, -0.15) is 0 Å². The molecule has 1 saturated heterocycles. The molecule has 3 rings (SSSR count). The van der Waals surface area contributed by atoms with Crippen LogP contribution in [0.1, 0.15) is 29.1 Å². The summed E-state index contributed by atoms with van der Waals surface area (Å²) in [6.07, 6.45) is 0.0889. The fourth-order valence-electron chi connectivity index (χ4n) is 3.28. The maximum Gasteiger partial charge on any atom is 0.254 e. The Kier molecular flexibility index (Phi) is 5.34. The van der Waals surface area contributed by atoms with Gasteiger partial charge in [0.2, 0.25) is 11.8 Å². The third kappa shape index (κ3) is 4.58. The molecule has 8 heteroatoms. The summed E-state index contributed by atoms with van der Waals surface area (Å²) in [6, 6.07) is 5.75. The first-order valence-electron chi connectivity index (χ1n) is 8.70. The lowest BCUT2D eigenvalue weighted by Gasteiger charge is -2.17. The number of aryl methyl sites for hydroxylation is 2. The lowest BCUT2D eigenvalue weighted by Crippen LogP contribution is -2.39. The number of hydrogen-bond acceptors (Lipinski definition) is 4. The number of benzene rings is 1. The van der Waals surface area contributed by atoms with Gasteiger partial charge >= 0.3 is 0 Å². The van der Waals surface area contributed by atoms with E-state index in [0.29, 0.717) is 35.7 Å². The van der Waals surface area contributed by atoms with Crippen LogP contribution in [0.3, 0.4) is 0 Å². The van der Waals surface area contributed by atoms with Crippen molar-refractivity contribution in [2.75, 3.05) is 6.54 Å². The van der Waals surface area contributed by atoms with Crippen LogP contribution < -0.4 is 10.9 Å². The predicted octanol–water partition coefficient (Wildman–Crippen LogP) is 0.986. The van der Waals surface area contributed by atoms with Gasteiger partial charge in [-0.1, -0.05) is 12.1 Å². The number of aromatic nitrogens is 2. The van der Waals surface area contributed by atoms with Crippen molar-refractivity contribution in [1.29, 1.82) is 0 Å². The van der Waals surface area contributed by atoms with Gasteiger partial charge in [0.15, 0.2) is 0 Å². The Morgan fingerprint density at radius 2 is 2.15 bits per heavy atom. The molecule has 0 unspecified atom stereocenters. The van der Waals surface area contributed by atoms with Crippen molar-refractivity contribution in [3.05, 3.63) is 63.1 Å². The van der Waals surface area contributed by atoms with Gasteiger partial charge in [0.05, 0.1) is 12.5 Å². The van der Waals surface area contributed by atoms with Gasteiger partial charge in [0.1, 0.15) is 11.6 Å². The van der Waals surface area contributed by atoms with Crippen molar-refractivity contribution in [3.63, 3.8) is 0 Å². The van der Waals surface area contributed by atoms with Gasteiger partial charge in [-0.15, -0.1) is 0 Å². The molecule has 2 aromatic rings. The Labute approximate surface area is 155 Å². The lowest BCUT2D eigenvalue weighted by atomic mass is 10.1. The third-order valence-electron chi connectivity index (χ3n) is 4.52. The van der Waals surface area contributed by atoms with E-state index in [4.69, 9.17) is 0 Å². The normalized spacial score (nSPS) is 16.6. The summed E-state index contributed by atoms with van der Waals surface area (Å²) in [6.45, 7) is 4.01. The van der Waals surface area contributed by atoms with E-state index >= 15 is 0 Å². The first kappa shape index (κ1) is 18.8. The molecule has 7 nitrogen and oxygen atoms in total. The zero-order valence-corrected chi connectivity index (χ0v) is 15.2. The second-order valence-corrected chi connectivity index (χ2v) is 6.76. The van der Waals surface area contributed by atoms with E-state index in [1.807, 2.05) is 0 Å². The average Bonchev–Trinajstić information content (AvgIpc) is 2.90. The van der Waals surface area contributed by atoms with Gasteiger partial charge < -0.3 is 15.2 Å². The van der Waals surface area contributed by atoms with Crippen molar-refractivity contribution < 1.29 is 14.0 Å². The molecule has 0 saturated carbocycles. The van der Waals surface area contributed by atoms with E-state index in [1.54, 1.807) is 30.9 Å². The number of carbonyl (C=O) groups excluding carboxylic acids is 2. The Bertz CT molecular complexity index is 941. The van der Waals surface area contributed by atoms with Crippen molar-refractivity contribution >= 4 is 11.8 Å². The van der Waals surface area contributed by atoms with Gasteiger partial charge in [-0.05, 0) is 31.5 Å². The van der Waals surface area contributed by atoms with Crippen LogP contribution in [0.25, 0.3) is 0 Å². The van der Waals surface area contributed by atoms with Crippen LogP contribution in [0.5, 0.6) is 0 Å². The highest BCUT2D eigenvalue weighted by Gasteiger charge is 2.30. The number of amides is 2. The molecule has 0 radical (unpaired) electrons. The molecule has 142 valence electrons. The second kappa shape index (κ2) is 7.69. The van der Waals surface area contributed by atoms with Crippen molar-refractivity contribution in [3.8, 4) is 0 Å². The summed E-state index contributed by atoms with van der Waals surface area (Å²) in [5.74, 6) is -0.289. The van der Waals surface area contributed by atoms with Crippen LogP contribution in [0.2, 0.25) is 0 Å². The molecule has 0 bridgehead atoms. The molecule has 1 aromatic heterocycles. The summed E-state index contributed by atoms with van der Waals surface area (Å²) in [5, 5.41) is 2.80. The van der Waals surface area contributed by atoms with Gasteiger partial charge in [-0.25, -0.2) is 9.37 Å². The number of aromatic amines is 1. The fourth-order valence-corrected chi connectivity index (χ4v) is 3.28. The molecular formula is C19H21FN4O3. The molecule has 1 aliphatic rings. The Balaban J connectivity index is 1.59. The highest BCUT2D eigenvalue weighted by Crippen LogP contribution is 2.16. The molecule has 0 spiro atoms. The number of nitrogens with zero attached hydrogens (tertiary/aromatic N) is 2. The van der Waals surface area contributed by atoms with Crippen LogP contribution >= 0.6 is 0 Å². The van der Waals surface area contributed by atoms with E-state index in [0.717, 1.165) is 0 Å². The Hall–Kier alpha value is -3.03. The molecule has 1 fully saturated rings. The van der Waals surface area contributed by atoms with Crippen LogP contribution in [0.4, 0.5) is 4.39 Å². The summed E-state index contributed by atoms with van der Waals surface area (Å²) in [4.78, 5) is 44.8. The maximum absolute atomic E-state index is 13.3. The standard InChI is InChI=1S/C19H21FN4O3/c1-11-16(19(27)22-12(2)21-11)8-17(25)23-15-7-18(26)24(10-15)9-13-4-3-5-14(20)6-13/h3-6,15H,7-10H2,1-2H3,(H,23,25)(H,21,22,27)/t15-/m0/s1. The highest BCUT2D eigenvalue weighted by atomic mass is 19.1. The van der Waals surface area contributed by atoms with Crippen LogP contribution in [-0.4, -0.2) is 39.3 Å². The zero-order valence-electron chi connectivity index (χ0n) is 15.2. The summed E-state index contributed by atoms with van der Waals surface area (Å²) < 4.78 is 13.3. The van der Waals surface area contributed by atoms with Crippen molar-refractivity contribution in [2.24, 2.45) is 0 Å². The molecule has 1 aromatic carbocycles. The first-order valence-corrected chi connectivity index (χ1v) is 8.70. The van der Waals surface area contributed by atoms with E-state index in [-0.39, 0.29) is 42.1 Å². The third-order valence-corrected chi connectivity index (χ3v) is 4.52. The lowest BCUT2D eigenvalue weighted by molar-refractivity contribution is -0.128. The maximum atomic E-state index is 13.3. The molecule has 2 heterocycles. The largest absolute Gasteiger partial charge is 0.351 e. The number of nitrogens with one attached hydrogen (secondary N) is 2. The number of carbonyl (C=O) groups is 2. The number of H-pyrrole nitrogens is 1. The summed E-state index contributed by atoms with van der Waals surface area (Å²) in [5.41, 5.74) is 1.20. The molecule has 0 aliphatic carbocycles. The minimum atomic E-state index is -0.351. The SMILES string of the molecule is Cc1nc(C)c(CC(=O)N[C@H]2CC(=O)N(Cc3cccc(F)c3)C2)c(=O)[nH]1. The summed E-state index contributed by atoms with van der Waals surface area (Å²) >= 11 is 0. The van der Waals surface area contributed by atoms with Crippen molar-refractivity contribution in [2.45, 2.75) is 39.3 Å². The van der Waals surface area contributed by atoms with Crippen molar-refractivity contribution in [1.82, 2.24) is 20.2 Å². The number of hydrogen-bond donors (Lipinski definition) is 2. The molecular weight excluding hydrogens is 351 g/mol. The van der Waals surface area contributed by atoms with E-state index in [2.05, 4.69) is 15.3 Å². The van der Waals surface area contributed by atoms with Crippen LogP contribution in [-0.2, 0) is 22.6 Å². The van der Waals surface area contributed by atoms with E-state index < -0.39 is 0 Å². The average molecular weight is 372 g/mol. The molecule has 2 amide bonds. The zero-order chi connectivity index (χ0) is 19.6. The smallest absolute Gasteiger partial charge is 0.254 e. The first-order chi connectivity index (χ1) is 12.8. The number of halogens is 1. The van der Waals surface area contributed by atoms with Gasteiger partial charge in [-0.3, -0.25) is 14.4 Å². The topological polar surface area (TPSA) is 95.2 Å². The predicted molar refractivity (Wildman–Crippen MR) is 96.4 cm³/mol.